The van der Waals surface area contributed by atoms with Crippen molar-refractivity contribution in [1.29, 1.82) is 0 Å². The lowest BCUT2D eigenvalue weighted by Crippen LogP contribution is -2.60. The number of hydrogen-bond acceptors (Lipinski definition) is 3. The second-order valence-corrected chi connectivity index (χ2v) is 6.85. The highest BCUT2D eigenvalue weighted by Gasteiger charge is 2.31. The average molecular weight is 281 g/mol. The van der Waals surface area contributed by atoms with Crippen LogP contribution in [0.3, 0.4) is 0 Å². The molecule has 3 atom stereocenters. The number of hydrogen-bond donors (Lipinski definition) is 2. The molecule has 3 unspecified atom stereocenters. The maximum absolute atomic E-state index is 11.8. The van der Waals surface area contributed by atoms with Crippen LogP contribution in [0.4, 0.5) is 0 Å². The highest BCUT2D eigenvalue weighted by molar-refractivity contribution is 5.79. The van der Waals surface area contributed by atoms with Crippen molar-refractivity contribution in [1.82, 2.24) is 10.2 Å². The van der Waals surface area contributed by atoms with Crippen LogP contribution in [0.25, 0.3) is 0 Å². The molecule has 1 aliphatic carbocycles. The van der Waals surface area contributed by atoms with E-state index in [1.807, 2.05) is 0 Å². The van der Waals surface area contributed by atoms with Gasteiger partial charge in [0.15, 0.2) is 0 Å². The molecule has 1 aliphatic heterocycles. The fourth-order valence-corrected chi connectivity index (χ4v) is 3.85. The molecule has 1 amide bonds. The Kier molecular flexibility index (Phi) is 5.85. The van der Waals surface area contributed by atoms with Gasteiger partial charge in [-0.1, -0.05) is 38.5 Å². The highest BCUT2D eigenvalue weighted by atomic mass is 16.1. The van der Waals surface area contributed by atoms with Crippen molar-refractivity contribution in [2.45, 2.75) is 76.9 Å². The van der Waals surface area contributed by atoms with Gasteiger partial charge in [-0.25, -0.2) is 0 Å². The van der Waals surface area contributed by atoms with E-state index in [0.29, 0.717) is 12.1 Å². The molecule has 3 N–H and O–H groups in total. The van der Waals surface area contributed by atoms with E-state index in [4.69, 9.17) is 5.73 Å². The van der Waals surface area contributed by atoms with E-state index in [0.717, 1.165) is 31.8 Å². The first-order chi connectivity index (χ1) is 9.58. The molecule has 1 saturated heterocycles. The summed E-state index contributed by atoms with van der Waals surface area (Å²) in [6, 6.07) is 0.772. The van der Waals surface area contributed by atoms with Gasteiger partial charge in [0.25, 0.3) is 0 Å². The Labute approximate surface area is 123 Å². The van der Waals surface area contributed by atoms with Crippen molar-refractivity contribution in [3.05, 3.63) is 0 Å². The summed E-state index contributed by atoms with van der Waals surface area (Å²) in [6.45, 7) is 6.24. The quantitative estimate of drug-likeness (QED) is 0.781. The normalized spacial score (nSPS) is 30.5. The van der Waals surface area contributed by atoms with Gasteiger partial charge in [-0.3, -0.25) is 9.69 Å². The largest absolute Gasteiger partial charge is 0.368 e. The highest BCUT2D eigenvalue weighted by Crippen LogP contribution is 2.29. The number of nitrogens with zero attached hydrogens (tertiary/aromatic N) is 1. The maximum Gasteiger partial charge on any atom is 0.234 e. The number of piperazine rings is 1. The second-order valence-electron chi connectivity index (χ2n) is 6.85. The molecule has 0 radical (unpaired) electrons. The number of carbonyl (C=O) groups excluding carboxylic acids is 1. The van der Waals surface area contributed by atoms with Crippen LogP contribution in [0, 0.1) is 5.92 Å². The van der Waals surface area contributed by atoms with Crippen LogP contribution in [0.1, 0.15) is 58.8 Å². The van der Waals surface area contributed by atoms with Crippen molar-refractivity contribution in [2.24, 2.45) is 11.7 Å². The van der Waals surface area contributed by atoms with Crippen LogP contribution < -0.4 is 11.1 Å². The number of amides is 1. The summed E-state index contributed by atoms with van der Waals surface area (Å²) in [7, 11) is 0. The van der Waals surface area contributed by atoms with Crippen LogP contribution in [0.2, 0.25) is 0 Å². The third kappa shape index (κ3) is 4.19. The first-order valence-electron chi connectivity index (χ1n) is 8.36. The van der Waals surface area contributed by atoms with Crippen molar-refractivity contribution >= 4 is 5.91 Å². The number of nitrogens with two attached hydrogens (primary N) is 1. The first kappa shape index (κ1) is 15.8. The van der Waals surface area contributed by atoms with E-state index in [2.05, 4.69) is 24.1 Å². The number of carbonyl (C=O) groups is 1. The Hall–Kier alpha value is -0.610. The molecule has 0 aromatic rings. The van der Waals surface area contributed by atoms with Crippen molar-refractivity contribution < 1.29 is 4.79 Å². The number of primary amides is 1. The summed E-state index contributed by atoms with van der Waals surface area (Å²) >= 11 is 0. The van der Waals surface area contributed by atoms with E-state index in [1.54, 1.807) is 0 Å². The third-order valence-electron chi connectivity index (χ3n) is 5.11. The fraction of sp³-hybridized carbons (Fsp3) is 0.938. The fourth-order valence-electron chi connectivity index (χ4n) is 3.85. The predicted molar refractivity (Wildman–Crippen MR) is 82.4 cm³/mol. The minimum absolute atomic E-state index is 0.0732. The SMILES string of the molecule is CC1CN(C(CCCC2CCCC2)C(N)=O)C(C)CN1. The van der Waals surface area contributed by atoms with Crippen LogP contribution in [0.15, 0.2) is 0 Å². The van der Waals surface area contributed by atoms with E-state index >= 15 is 0 Å². The zero-order chi connectivity index (χ0) is 14.5. The van der Waals surface area contributed by atoms with Gasteiger partial charge in [-0.15, -0.1) is 0 Å². The molecule has 2 rings (SSSR count). The summed E-state index contributed by atoms with van der Waals surface area (Å²) in [5.74, 6) is 0.764. The number of nitrogens with one attached hydrogen (secondary N) is 1. The maximum atomic E-state index is 11.8. The van der Waals surface area contributed by atoms with Crippen molar-refractivity contribution in [3.8, 4) is 0 Å². The van der Waals surface area contributed by atoms with Gasteiger partial charge in [0.05, 0.1) is 6.04 Å². The first-order valence-corrected chi connectivity index (χ1v) is 8.36. The molecule has 2 aliphatic rings. The Bertz CT molecular complexity index is 315. The Morgan fingerprint density at radius 1 is 1.35 bits per heavy atom. The minimum Gasteiger partial charge on any atom is -0.368 e. The average Bonchev–Trinajstić information content (AvgIpc) is 2.91. The Morgan fingerprint density at radius 2 is 2.05 bits per heavy atom. The standard InChI is InChI=1S/C16H31N3O/c1-12-11-19(13(2)10-18-12)15(16(17)20)9-5-8-14-6-3-4-7-14/h12-15,18H,3-11H2,1-2H3,(H2,17,20). The summed E-state index contributed by atoms with van der Waals surface area (Å²) in [5.41, 5.74) is 5.67. The molecular formula is C16H31N3O. The molecule has 20 heavy (non-hydrogen) atoms. The zero-order valence-corrected chi connectivity index (χ0v) is 13.1. The molecule has 116 valence electrons. The lowest BCUT2D eigenvalue weighted by Gasteiger charge is -2.41. The van der Waals surface area contributed by atoms with E-state index in [-0.39, 0.29) is 11.9 Å². The van der Waals surface area contributed by atoms with E-state index in [1.165, 1.54) is 32.1 Å². The topological polar surface area (TPSA) is 58.4 Å². The summed E-state index contributed by atoms with van der Waals surface area (Å²) in [4.78, 5) is 14.2. The van der Waals surface area contributed by atoms with Gasteiger partial charge in [-0.05, 0) is 26.2 Å². The molecule has 0 aromatic carbocycles. The van der Waals surface area contributed by atoms with Gasteiger partial charge < -0.3 is 11.1 Å². The van der Waals surface area contributed by atoms with Gasteiger partial charge in [0, 0.05) is 25.2 Å². The van der Waals surface area contributed by atoms with E-state index in [9.17, 15) is 4.79 Å². The van der Waals surface area contributed by atoms with Crippen LogP contribution >= 0.6 is 0 Å². The van der Waals surface area contributed by atoms with Gasteiger partial charge in [0.2, 0.25) is 5.91 Å². The molecule has 4 nitrogen and oxygen atoms in total. The van der Waals surface area contributed by atoms with Gasteiger partial charge in [0.1, 0.15) is 0 Å². The Morgan fingerprint density at radius 3 is 2.70 bits per heavy atom. The third-order valence-corrected chi connectivity index (χ3v) is 5.11. The molecule has 0 bridgehead atoms. The molecule has 1 saturated carbocycles. The molecule has 4 heteroatoms. The van der Waals surface area contributed by atoms with Crippen LogP contribution in [-0.2, 0) is 4.79 Å². The smallest absolute Gasteiger partial charge is 0.234 e. The minimum atomic E-state index is -0.141. The van der Waals surface area contributed by atoms with Crippen molar-refractivity contribution in [2.75, 3.05) is 13.1 Å². The molecule has 0 spiro atoms. The Balaban J connectivity index is 1.83. The van der Waals surface area contributed by atoms with E-state index < -0.39 is 0 Å². The molecule has 0 aromatic heterocycles. The second kappa shape index (κ2) is 7.41. The van der Waals surface area contributed by atoms with Crippen LogP contribution in [-0.4, -0.2) is 42.0 Å². The van der Waals surface area contributed by atoms with Gasteiger partial charge >= 0.3 is 0 Å². The molecule has 1 heterocycles. The predicted octanol–water partition coefficient (Wildman–Crippen LogP) is 1.88. The summed E-state index contributed by atoms with van der Waals surface area (Å²) < 4.78 is 0. The molecular weight excluding hydrogens is 250 g/mol. The molecule has 2 fully saturated rings. The monoisotopic (exact) mass is 281 g/mol. The lowest BCUT2D eigenvalue weighted by molar-refractivity contribution is -0.125. The summed E-state index contributed by atoms with van der Waals surface area (Å²) in [5, 5.41) is 3.46. The zero-order valence-electron chi connectivity index (χ0n) is 13.1. The summed E-state index contributed by atoms with van der Waals surface area (Å²) in [6.07, 6.45) is 8.93. The van der Waals surface area contributed by atoms with Gasteiger partial charge in [-0.2, -0.15) is 0 Å². The number of rotatable bonds is 6. The van der Waals surface area contributed by atoms with Crippen LogP contribution in [0.5, 0.6) is 0 Å². The lowest BCUT2D eigenvalue weighted by atomic mass is 9.96. The van der Waals surface area contributed by atoms with Crippen molar-refractivity contribution in [3.63, 3.8) is 0 Å².